The van der Waals surface area contributed by atoms with Crippen LogP contribution in [0.25, 0.3) is 11.4 Å². The Balaban J connectivity index is 1.91. The summed E-state index contributed by atoms with van der Waals surface area (Å²) >= 11 is 6.38. The van der Waals surface area contributed by atoms with Crippen molar-refractivity contribution in [2.45, 2.75) is 64.0 Å². The van der Waals surface area contributed by atoms with Crippen LogP contribution in [-0.2, 0) is 0 Å². The average molecular weight is 447 g/mol. The van der Waals surface area contributed by atoms with Gasteiger partial charge in [-0.2, -0.15) is 0 Å². The number of nitrogens with one attached hydrogen (secondary N) is 1. The highest BCUT2D eigenvalue weighted by Crippen LogP contribution is 2.31. The van der Waals surface area contributed by atoms with Crippen molar-refractivity contribution in [2.75, 3.05) is 32.1 Å². The van der Waals surface area contributed by atoms with Crippen LogP contribution in [0.15, 0.2) is 24.3 Å². The average Bonchev–Trinajstić information content (AvgIpc) is 2.77. The third-order valence-corrected chi connectivity index (χ3v) is 6.04. The molecular weight excluding hydrogens is 412 g/mol. The second-order valence-electron chi connectivity index (χ2n) is 8.73. The summed E-state index contributed by atoms with van der Waals surface area (Å²) in [6, 6.07) is 8.13. The van der Waals surface area contributed by atoms with E-state index < -0.39 is 6.10 Å². The number of aliphatic hydroxyl groups excluding tert-OH is 1. The molecular formula is C24H35ClN4O2. The van der Waals surface area contributed by atoms with Gasteiger partial charge in [-0.3, -0.25) is 0 Å². The molecule has 0 radical (unpaired) electrons. The van der Waals surface area contributed by atoms with Crippen LogP contribution in [-0.4, -0.2) is 54.5 Å². The summed E-state index contributed by atoms with van der Waals surface area (Å²) in [6.45, 7) is 4.94. The number of likely N-dealkylation sites (N-methyl/N-ethyl adjacent to an activating group) is 1. The van der Waals surface area contributed by atoms with Gasteiger partial charge in [-0.25, -0.2) is 9.97 Å². The van der Waals surface area contributed by atoms with E-state index in [2.05, 4.69) is 37.2 Å². The van der Waals surface area contributed by atoms with Crippen molar-refractivity contribution in [1.82, 2.24) is 15.3 Å². The topological polar surface area (TPSA) is 70.5 Å². The molecule has 1 atom stereocenters. The summed E-state index contributed by atoms with van der Waals surface area (Å²) in [5.41, 5.74) is 1.82. The molecule has 0 bridgehead atoms. The van der Waals surface area contributed by atoms with Crippen LogP contribution in [0.4, 0.5) is 5.82 Å². The second-order valence-corrected chi connectivity index (χ2v) is 9.17. The number of hydrogen-bond donors (Lipinski definition) is 2. The maximum absolute atomic E-state index is 9.93. The van der Waals surface area contributed by atoms with Crippen LogP contribution in [0, 0.1) is 0 Å². The van der Waals surface area contributed by atoms with Crippen molar-refractivity contribution in [3.8, 4) is 17.1 Å². The van der Waals surface area contributed by atoms with Gasteiger partial charge in [-0.15, -0.1) is 0 Å². The van der Waals surface area contributed by atoms with E-state index in [0.29, 0.717) is 29.2 Å². The van der Waals surface area contributed by atoms with Gasteiger partial charge in [0, 0.05) is 42.0 Å². The molecule has 3 rings (SSSR count). The maximum atomic E-state index is 9.93. The zero-order valence-corrected chi connectivity index (χ0v) is 19.8. The van der Waals surface area contributed by atoms with Crippen molar-refractivity contribution >= 4 is 17.4 Å². The zero-order valence-electron chi connectivity index (χ0n) is 19.1. The standard InChI is InChI=1S/C24H35ClN4O2/c1-16(2)22-13-23(29(4)19-8-6-5-7-9-19)28-24(27-22)17-10-18(25)12-21(11-17)31-15-20(30)14-26-3/h10-13,16,19-20,26,30H,5-9,14-15H2,1-4H3. The molecule has 6 nitrogen and oxygen atoms in total. The Morgan fingerprint density at radius 1 is 1.16 bits per heavy atom. The molecule has 31 heavy (non-hydrogen) atoms. The fourth-order valence-electron chi connectivity index (χ4n) is 3.98. The number of halogens is 1. The lowest BCUT2D eigenvalue weighted by Crippen LogP contribution is -2.34. The van der Waals surface area contributed by atoms with Crippen molar-refractivity contribution in [3.05, 3.63) is 35.0 Å². The molecule has 2 aromatic rings. The Morgan fingerprint density at radius 2 is 1.90 bits per heavy atom. The van der Waals surface area contributed by atoms with Gasteiger partial charge in [-0.05, 0) is 44.0 Å². The molecule has 1 unspecified atom stereocenters. The molecule has 1 aromatic heterocycles. The van der Waals surface area contributed by atoms with Crippen molar-refractivity contribution < 1.29 is 9.84 Å². The lowest BCUT2D eigenvalue weighted by molar-refractivity contribution is 0.108. The summed E-state index contributed by atoms with van der Waals surface area (Å²) in [5.74, 6) is 2.48. The van der Waals surface area contributed by atoms with Gasteiger partial charge in [-0.1, -0.05) is 44.7 Å². The van der Waals surface area contributed by atoms with Crippen molar-refractivity contribution in [1.29, 1.82) is 0 Å². The summed E-state index contributed by atoms with van der Waals surface area (Å²) in [7, 11) is 3.93. The van der Waals surface area contributed by atoms with E-state index >= 15 is 0 Å². The summed E-state index contributed by atoms with van der Waals surface area (Å²) in [5, 5.41) is 13.4. The van der Waals surface area contributed by atoms with E-state index in [1.165, 1.54) is 32.1 Å². The molecule has 1 heterocycles. The van der Waals surface area contributed by atoms with Crippen molar-refractivity contribution in [2.24, 2.45) is 0 Å². The fourth-order valence-corrected chi connectivity index (χ4v) is 4.20. The molecule has 1 fully saturated rings. The van der Waals surface area contributed by atoms with Gasteiger partial charge in [0.15, 0.2) is 5.82 Å². The smallest absolute Gasteiger partial charge is 0.161 e. The van der Waals surface area contributed by atoms with E-state index in [9.17, 15) is 5.11 Å². The molecule has 0 saturated heterocycles. The predicted octanol–water partition coefficient (Wildman–Crippen LogP) is 4.65. The summed E-state index contributed by atoms with van der Waals surface area (Å²) < 4.78 is 5.77. The second kappa shape index (κ2) is 11.1. The first-order valence-corrected chi connectivity index (χ1v) is 11.6. The lowest BCUT2D eigenvalue weighted by Gasteiger charge is -2.32. The van der Waals surface area contributed by atoms with Crippen LogP contribution in [0.2, 0.25) is 5.02 Å². The lowest BCUT2D eigenvalue weighted by atomic mass is 9.94. The minimum atomic E-state index is -0.594. The Hall–Kier alpha value is -1.89. The normalized spacial score (nSPS) is 15.8. The molecule has 1 aromatic carbocycles. The number of nitrogens with zero attached hydrogens (tertiary/aromatic N) is 3. The molecule has 1 saturated carbocycles. The van der Waals surface area contributed by atoms with Crippen LogP contribution in [0.3, 0.4) is 0 Å². The molecule has 1 aliphatic carbocycles. The first-order chi connectivity index (χ1) is 14.9. The van der Waals surface area contributed by atoms with Gasteiger partial charge in [0.2, 0.25) is 0 Å². The molecule has 2 N–H and O–H groups in total. The van der Waals surface area contributed by atoms with Gasteiger partial charge in [0.1, 0.15) is 24.3 Å². The highest BCUT2D eigenvalue weighted by molar-refractivity contribution is 6.31. The van der Waals surface area contributed by atoms with Crippen LogP contribution in [0.5, 0.6) is 5.75 Å². The van der Waals surface area contributed by atoms with E-state index in [1.54, 1.807) is 13.1 Å². The highest BCUT2D eigenvalue weighted by Gasteiger charge is 2.21. The number of benzene rings is 1. The minimum Gasteiger partial charge on any atom is -0.491 e. The largest absolute Gasteiger partial charge is 0.491 e. The number of rotatable bonds is 9. The number of aromatic nitrogens is 2. The molecule has 170 valence electrons. The van der Waals surface area contributed by atoms with Crippen LogP contribution < -0.4 is 15.0 Å². The Bertz CT molecular complexity index is 855. The summed E-state index contributed by atoms with van der Waals surface area (Å²) in [4.78, 5) is 12.0. The monoisotopic (exact) mass is 446 g/mol. The third-order valence-electron chi connectivity index (χ3n) is 5.82. The van der Waals surface area contributed by atoms with E-state index in [1.807, 2.05) is 12.1 Å². The number of anilines is 1. The van der Waals surface area contributed by atoms with E-state index in [-0.39, 0.29) is 12.5 Å². The van der Waals surface area contributed by atoms with Gasteiger partial charge < -0.3 is 20.1 Å². The number of hydrogen-bond acceptors (Lipinski definition) is 6. The van der Waals surface area contributed by atoms with Gasteiger partial charge >= 0.3 is 0 Å². The number of aliphatic hydroxyl groups is 1. The third kappa shape index (κ3) is 6.55. The zero-order chi connectivity index (χ0) is 22.4. The minimum absolute atomic E-state index is 0.184. The summed E-state index contributed by atoms with van der Waals surface area (Å²) in [6.07, 6.45) is 5.69. The Kier molecular flexibility index (Phi) is 8.52. The molecule has 7 heteroatoms. The van der Waals surface area contributed by atoms with Gasteiger partial charge in [0.05, 0.1) is 0 Å². The number of ether oxygens (including phenoxy) is 1. The SMILES string of the molecule is CNCC(O)COc1cc(Cl)cc(-c2nc(C(C)C)cc(N(C)C3CCCCC3)n2)c1. The van der Waals surface area contributed by atoms with Crippen LogP contribution in [0.1, 0.15) is 57.6 Å². The maximum Gasteiger partial charge on any atom is 0.161 e. The Morgan fingerprint density at radius 3 is 2.58 bits per heavy atom. The molecule has 0 amide bonds. The Labute approximate surface area is 191 Å². The van der Waals surface area contributed by atoms with Crippen molar-refractivity contribution in [3.63, 3.8) is 0 Å². The fraction of sp³-hybridized carbons (Fsp3) is 0.583. The van der Waals surface area contributed by atoms with Crippen LogP contribution >= 0.6 is 11.6 Å². The van der Waals surface area contributed by atoms with E-state index in [4.69, 9.17) is 26.3 Å². The highest BCUT2D eigenvalue weighted by atomic mass is 35.5. The van der Waals surface area contributed by atoms with E-state index in [0.717, 1.165) is 17.1 Å². The predicted molar refractivity (Wildman–Crippen MR) is 127 cm³/mol. The van der Waals surface area contributed by atoms with Gasteiger partial charge in [0.25, 0.3) is 0 Å². The molecule has 0 spiro atoms. The first kappa shape index (κ1) is 23.8. The molecule has 0 aliphatic heterocycles. The quantitative estimate of drug-likeness (QED) is 0.584. The molecule has 1 aliphatic rings. The first-order valence-electron chi connectivity index (χ1n) is 11.3.